The molecule has 0 saturated heterocycles. The number of hydrogen-bond donors (Lipinski definition) is 1. The Morgan fingerprint density at radius 1 is 1.43 bits per heavy atom. The van der Waals surface area contributed by atoms with E-state index in [1.54, 1.807) is 16.5 Å². The molecule has 0 aliphatic carbocycles. The van der Waals surface area contributed by atoms with Crippen LogP contribution in [0.15, 0.2) is 12.1 Å². The topological polar surface area (TPSA) is 56.2 Å². The third kappa shape index (κ3) is 1.32. The van der Waals surface area contributed by atoms with E-state index in [0.717, 1.165) is 18.7 Å². The Kier molecular flexibility index (Phi) is 2.29. The van der Waals surface area contributed by atoms with Crippen LogP contribution in [0.5, 0.6) is 0 Å². The molecule has 0 aliphatic rings. The number of halogens is 1. The van der Waals surface area contributed by atoms with E-state index in [1.165, 1.54) is 0 Å². The van der Waals surface area contributed by atoms with Crippen LogP contribution in [0.3, 0.4) is 0 Å². The van der Waals surface area contributed by atoms with E-state index in [2.05, 4.69) is 17.1 Å². The molecule has 0 bridgehead atoms. The maximum atomic E-state index is 6.04. The van der Waals surface area contributed by atoms with Crippen LogP contribution in [0.1, 0.15) is 19.2 Å². The molecule has 0 fully saturated rings. The Labute approximate surface area is 86.7 Å². The zero-order chi connectivity index (χ0) is 10.1. The lowest BCUT2D eigenvalue weighted by Gasteiger charge is -2.02. The molecule has 2 N–H and O–H groups in total. The van der Waals surface area contributed by atoms with E-state index in [1.807, 2.05) is 0 Å². The van der Waals surface area contributed by atoms with Gasteiger partial charge >= 0.3 is 0 Å². The number of hydrogen-bond acceptors (Lipinski definition) is 3. The molecule has 0 atom stereocenters. The van der Waals surface area contributed by atoms with Crippen LogP contribution in [0.4, 0.5) is 5.69 Å². The third-order valence-electron chi connectivity index (χ3n) is 2.08. The summed E-state index contributed by atoms with van der Waals surface area (Å²) in [5.74, 6) is 0.861. The average molecular weight is 211 g/mol. The van der Waals surface area contributed by atoms with Crippen molar-refractivity contribution in [1.29, 1.82) is 0 Å². The predicted molar refractivity (Wildman–Crippen MR) is 56.4 cm³/mol. The highest BCUT2D eigenvalue weighted by Gasteiger charge is 2.09. The zero-order valence-electron chi connectivity index (χ0n) is 7.87. The second-order valence-electron chi connectivity index (χ2n) is 3.14. The summed E-state index contributed by atoms with van der Waals surface area (Å²) >= 11 is 6.04. The first-order valence-electron chi connectivity index (χ1n) is 4.52. The number of anilines is 1. The van der Waals surface area contributed by atoms with Gasteiger partial charge in [-0.25, -0.2) is 0 Å². The van der Waals surface area contributed by atoms with Crippen molar-refractivity contribution in [3.8, 4) is 0 Å². The number of aryl methyl sites for hydroxylation is 1. The summed E-state index contributed by atoms with van der Waals surface area (Å²) < 4.78 is 1.79. The molecule has 0 radical (unpaired) electrons. The molecule has 2 aromatic heterocycles. The van der Waals surface area contributed by atoms with Gasteiger partial charge in [0.1, 0.15) is 11.0 Å². The van der Waals surface area contributed by atoms with Crippen LogP contribution in [0.2, 0.25) is 5.15 Å². The van der Waals surface area contributed by atoms with Gasteiger partial charge in [-0.05, 0) is 18.6 Å². The number of nitrogen functional groups attached to an aromatic ring is 1. The van der Waals surface area contributed by atoms with Crippen molar-refractivity contribution in [3.63, 3.8) is 0 Å². The molecule has 14 heavy (non-hydrogen) atoms. The van der Waals surface area contributed by atoms with Gasteiger partial charge in [0.2, 0.25) is 0 Å². The Bertz CT molecular complexity index is 463. The van der Waals surface area contributed by atoms with Crippen molar-refractivity contribution in [3.05, 3.63) is 23.1 Å². The standard InChI is InChI=1S/C9H11ClN4/c1-2-3-8-12-13-9-6(11)4-5-7(10)14(8)9/h4-5H,2-3,11H2,1H3. The number of pyridine rings is 1. The Hall–Kier alpha value is -1.29. The highest BCUT2D eigenvalue weighted by molar-refractivity contribution is 6.29. The molecule has 5 heteroatoms. The summed E-state index contributed by atoms with van der Waals surface area (Å²) in [6.45, 7) is 2.08. The number of rotatable bonds is 2. The highest BCUT2D eigenvalue weighted by atomic mass is 35.5. The highest BCUT2D eigenvalue weighted by Crippen LogP contribution is 2.19. The van der Waals surface area contributed by atoms with Gasteiger partial charge < -0.3 is 5.73 Å². The van der Waals surface area contributed by atoms with Crippen LogP contribution in [0.25, 0.3) is 5.65 Å². The predicted octanol–water partition coefficient (Wildman–Crippen LogP) is 1.92. The van der Waals surface area contributed by atoms with Crippen molar-refractivity contribution < 1.29 is 0 Å². The largest absolute Gasteiger partial charge is 0.396 e. The first-order valence-corrected chi connectivity index (χ1v) is 4.89. The summed E-state index contributed by atoms with van der Waals surface area (Å²) in [4.78, 5) is 0. The lowest BCUT2D eigenvalue weighted by Crippen LogP contribution is -1.98. The number of aromatic nitrogens is 3. The fourth-order valence-electron chi connectivity index (χ4n) is 1.42. The molecule has 0 aliphatic heterocycles. The molecule has 2 heterocycles. The maximum Gasteiger partial charge on any atom is 0.185 e. The molecule has 0 amide bonds. The van der Waals surface area contributed by atoms with Crippen LogP contribution in [-0.2, 0) is 6.42 Å². The van der Waals surface area contributed by atoms with Crippen LogP contribution in [-0.4, -0.2) is 14.6 Å². The first-order chi connectivity index (χ1) is 6.74. The molecular formula is C9H11ClN4. The van der Waals surface area contributed by atoms with E-state index < -0.39 is 0 Å². The molecule has 0 spiro atoms. The van der Waals surface area contributed by atoms with Gasteiger partial charge in [0.25, 0.3) is 0 Å². The molecule has 0 saturated carbocycles. The van der Waals surface area contributed by atoms with E-state index in [0.29, 0.717) is 16.5 Å². The minimum atomic E-state index is 0.600. The van der Waals surface area contributed by atoms with E-state index in [-0.39, 0.29) is 0 Å². The van der Waals surface area contributed by atoms with Crippen molar-refractivity contribution in [1.82, 2.24) is 14.6 Å². The van der Waals surface area contributed by atoms with Gasteiger partial charge in [-0.15, -0.1) is 10.2 Å². The van der Waals surface area contributed by atoms with Crippen molar-refractivity contribution in [2.24, 2.45) is 0 Å². The zero-order valence-corrected chi connectivity index (χ0v) is 8.62. The minimum Gasteiger partial charge on any atom is -0.396 e. The van der Waals surface area contributed by atoms with Crippen LogP contribution in [0, 0.1) is 0 Å². The Balaban J connectivity index is 2.70. The smallest absolute Gasteiger partial charge is 0.185 e. The molecular weight excluding hydrogens is 200 g/mol. The summed E-state index contributed by atoms with van der Waals surface area (Å²) in [7, 11) is 0. The average Bonchev–Trinajstić information content (AvgIpc) is 2.58. The normalized spacial score (nSPS) is 11.0. The summed E-state index contributed by atoms with van der Waals surface area (Å²) in [6, 6.07) is 3.49. The van der Waals surface area contributed by atoms with Gasteiger partial charge in [-0.1, -0.05) is 18.5 Å². The van der Waals surface area contributed by atoms with E-state index in [9.17, 15) is 0 Å². The summed E-state index contributed by atoms with van der Waals surface area (Å²) in [5, 5.41) is 8.66. The lowest BCUT2D eigenvalue weighted by molar-refractivity contribution is 0.818. The molecule has 74 valence electrons. The van der Waals surface area contributed by atoms with Gasteiger partial charge in [-0.2, -0.15) is 0 Å². The number of nitrogens with two attached hydrogens (primary N) is 1. The Morgan fingerprint density at radius 3 is 2.93 bits per heavy atom. The van der Waals surface area contributed by atoms with Crippen molar-refractivity contribution in [2.45, 2.75) is 19.8 Å². The molecule has 2 rings (SSSR count). The SMILES string of the molecule is CCCc1nnc2c(N)ccc(Cl)n12. The van der Waals surface area contributed by atoms with Gasteiger partial charge in [0, 0.05) is 6.42 Å². The fraction of sp³-hybridized carbons (Fsp3) is 0.333. The summed E-state index contributed by atoms with van der Waals surface area (Å²) in [5.41, 5.74) is 6.99. The molecule has 0 unspecified atom stereocenters. The summed E-state index contributed by atoms with van der Waals surface area (Å²) in [6.07, 6.45) is 1.86. The second-order valence-corrected chi connectivity index (χ2v) is 3.52. The van der Waals surface area contributed by atoms with Crippen molar-refractivity contribution >= 4 is 22.9 Å². The maximum absolute atomic E-state index is 6.04. The molecule has 0 aromatic carbocycles. The van der Waals surface area contributed by atoms with Crippen LogP contribution < -0.4 is 5.73 Å². The van der Waals surface area contributed by atoms with Gasteiger partial charge in [-0.3, -0.25) is 4.40 Å². The fourth-order valence-corrected chi connectivity index (χ4v) is 1.66. The number of nitrogens with zero attached hydrogens (tertiary/aromatic N) is 3. The second kappa shape index (κ2) is 3.46. The van der Waals surface area contributed by atoms with E-state index in [4.69, 9.17) is 17.3 Å². The monoisotopic (exact) mass is 210 g/mol. The molecule has 2 aromatic rings. The van der Waals surface area contributed by atoms with Crippen molar-refractivity contribution in [2.75, 3.05) is 5.73 Å². The number of fused-ring (bicyclic) bond motifs is 1. The van der Waals surface area contributed by atoms with Gasteiger partial charge in [0.15, 0.2) is 5.65 Å². The van der Waals surface area contributed by atoms with Gasteiger partial charge in [0.05, 0.1) is 5.69 Å². The van der Waals surface area contributed by atoms with E-state index >= 15 is 0 Å². The molecule has 4 nitrogen and oxygen atoms in total. The third-order valence-corrected chi connectivity index (χ3v) is 2.37. The minimum absolute atomic E-state index is 0.600. The lowest BCUT2D eigenvalue weighted by atomic mass is 10.3. The Morgan fingerprint density at radius 2 is 2.21 bits per heavy atom. The quantitative estimate of drug-likeness (QED) is 0.771. The van der Waals surface area contributed by atoms with Crippen LogP contribution >= 0.6 is 11.6 Å². The first kappa shape index (κ1) is 9.27.